The molecule has 0 heterocycles. The zero-order chi connectivity index (χ0) is 21.4. The summed E-state index contributed by atoms with van der Waals surface area (Å²) in [6, 6.07) is 17.5. The SMILES string of the molecule is CN(C)C(=O)[C@H](OC(=O)CN(C)S(=O)(=O)/C=C/c1ccccc1)c1ccccc1. The van der Waals surface area contributed by atoms with Gasteiger partial charge in [-0.1, -0.05) is 60.7 Å². The Morgan fingerprint density at radius 3 is 2.07 bits per heavy atom. The Hall–Kier alpha value is -2.97. The van der Waals surface area contributed by atoms with E-state index in [0.717, 1.165) is 9.71 Å². The van der Waals surface area contributed by atoms with E-state index in [2.05, 4.69) is 0 Å². The molecule has 8 heteroatoms. The third kappa shape index (κ3) is 6.55. The largest absolute Gasteiger partial charge is 0.446 e. The maximum Gasteiger partial charge on any atom is 0.322 e. The van der Waals surface area contributed by atoms with Gasteiger partial charge in [-0.3, -0.25) is 9.59 Å². The highest BCUT2D eigenvalue weighted by atomic mass is 32.2. The molecule has 0 unspecified atom stereocenters. The molecule has 29 heavy (non-hydrogen) atoms. The van der Waals surface area contributed by atoms with Crippen molar-refractivity contribution in [3.63, 3.8) is 0 Å². The number of nitrogens with zero attached hydrogens (tertiary/aromatic N) is 2. The minimum Gasteiger partial charge on any atom is -0.446 e. The summed E-state index contributed by atoms with van der Waals surface area (Å²) in [7, 11) is 0.546. The van der Waals surface area contributed by atoms with Crippen LogP contribution in [0.2, 0.25) is 0 Å². The van der Waals surface area contributed by atoms with Crippen LogP contribution in [-0.4, -0.2) is 57.2 Å². The van der Waals surface area contributed by atoms with Gasteiger partial charge in [0, 0.05) is 32.1 Å². The second kappa shape index (κ2) is 9.99. The molecule has 0 aliphatic heterocycles. The topological polar surface area (TPSA) is 84.0 Å². The van der Waals surface area contributed by atoms with Crippen LogP contribution in [0.4, 0.5) is 0 Å². The predicted molar refractivity (Wildman–Crippen MR) is 111 cm³/mol. The highest BCUT2D eigenvalue weighted by molar-refractivity contribution is 7.92. The van der Waals surface area contributed by atoms with Gasteiger partial charge in [0.15, 0.2) is 0 Å². The molecule has 1 atom stereocenters. The molecule has 0 bridgehead atoms. The summed E-state index contributed by atoms with van der Waals surface area (Å²) in [4.78, 5) is 26.1. The summed E-state index contributed by atoms with van der Waals surface area (Å²) in [6.07, 6.45) is 0.300. The molecule has 2 aromatic rings. The quantitative estimate of drug-likeness (QED) is 0.617. The second-order valence-electron chi connectivity index (χ2n) is 6.53. The van der Waals surface area contributed by atoms with Gasteiger partial charge < -0.3 is 9.64 Å². The summed E-state index contributed by atoms with van der Waals surface area (Å²) in [5.74, 6) is -1.24. The molecule has 0 fully saturated rings. The normalized spacial score (nSPS) is 12.7. The number of carbonyl (C=O) groups excluding carboxylic acids is 2. The summed E-state index contributed by atoms with van der Waals surface area (Å²) < 4.78 is 31.0. The zero-order valence-corrected chi connectivity index (χ0v) is 17.4. The Morgan fingerprint density at radius 1 is 0.966 bits per heavy atom. The van der Waals surface area contributed by atoms with Gasteiger partial charge in [0.05, 0.1) is 0 Å². The van der Waals surface area contributed by atoms with Crippen molar-refractivity contribution >= 4 is 28.0 Å². The number of esters is 1. The van der Waals surface area contributed by atoms with E-state index in [4.69, 9.17) is 4.74 Å². The Bertz CT molecular complexity index is 957. The molecule has 0 saturated carbocycles. The Labute approximate surface area is 171 Å². The minimum absolute atomic E-state index is 0.418. The fourth-order valence-corrected chi connectivity index (χ4v) is 3.22. The van der Waals surface area contributed by atoms with Crippen molar-refractivity contribution in [3.05, 3.63) is 77.2 Å². The Balaban J connectivity index is 2.08. The molecule has 0 radical (unpaired) electrons. The molecule has 0 aliphatic carbocycles. The van der Waals surface area contributed by atoms with Crippen LogP contribution in [0, 0.1) is 0 Å². The van der Waals surface area contributed by atoms with Crippen LogP contribution in [-0.2, 0) is 24.3 Å². The summed E-state index contributed by atoms with van der Waals surface area (Å²) in [5, 5.41) is 1.02. The highest BCUT2D eigenvalue weighted by Gasteiger charge is 2.28. The maximum absolute atomic E-state index is 12.4. The number of hydrogen-bond acceptors (Lipinski definition) is 5. The molecule has 0 N–H and O–H groups in total. The lowest BCUT2D eigenvalue weighted by atomic mass is 10.1. The number of carbonyl (C=O) groups is 2. The Kier molecular flexibility index (Phi) is 7.69. The smallest absolute Gasteiger partial charge is 0.322 e. The van der Waals surface area contributed by atoms with E-state index in [-0.39, 0.29) is 0 Å². The van der Waals surface area contributed by atoms with Gasteiger partial charge >= 0.3 is 5.97 Å². The van der Waals surface area contributed by atoms with E-state index in [9.17, 15) is 18.0 Å². The molecular formula is C21H24N2O5S. The van der Waals surface area contributed by atoms with Crippen LogP contribution in [0.25, 0.3) is 6.08 Å². The number of rotatable bonds is 8. The van der Waals surface area contributed by atoms with Gasteiger partial charge in [0.25, 0.3) is 5.91 Å². The monoisotopic (exact) mass is 416 g/mol. The molecule has 1 amide bonds. The van der Waals surface area contributed by atoms with Crippen LogP contribution < -0.4 is 0 Å². The lowest BCUT2D eigenvalue weighted by Crippen LogP contribution is -2.36. The first-order valence-electron chi connectivity index (χ1n) is 8.86. The van der Waals surface area contributed by atoms with Gasteiger partial charge in [0.2, 0.25) is 16.1 Å². The highest BCUT2D eigenvalue weighted by Crippen LogP contribution is 2.20. The lowest BCUT2D eigenvalue weighted by molar-refractivity contribution is -0.159. The number of benzene rings is 2. The molecule has 154 valence electrons. The van der Waals surface area contributed by atoms with Crippen molar-refractivity contribution in [1.29, 1.82) is 0 Å². The van der Waals surface area contributed by atoms with Crippen molar-refractivity contribution in [3.8, 4) is 0 Å². The molecular weight excluding hydrogens is 392 g/mol. The standard InChI is InChI=1S/C21H24N2O5S/c1-22(2)21(25)20(18-12-8-5-9-13-18)28-19(24)16-23(3)29(26,27)15-14-17-10-6-4-7-11-17/h4-15,20H,16H2,1-3H3/b15-14+/t20-/m1/s1. The van der Waals surface area contributed by atoms with Crippen LogP contribution in [0.5, 0.6) is 0 Å². The average molecular weight is 416 g/mol. The number of hydrogen-bond donors (Lipinski definition) is 0. The van der Waals surface area contributed by atoms with Crippen LogP contribution in [0.15, 0.2) is 66.1 Å². The molecule has 0 saturated heterocycles. The van der Waals surface area contributed by atoms with Gasteiger partial charge in [-0.05, 0) is 11.6 Å². The van der Waals surface area contributed by atoms with Crippen molar-refractivity contribution in [1.82, 2.24) is 9.21 Å². The van der Waals surface area contributed by atoms with E-state index >= 15 is 0 Å². The van der Waals surface area contributed by atoms with Gasteiger partial charge in [0.1, 0.15) is 6.54 Å². The molecule has 0 aliphatic rings. The van der Waals surface area contributed by atoms with Crippen molar-refractivity contribution in [2.75, 3.05) is 27.7 Å². The predicted octanol–water partition coefficient (Wildman–Crippen LogP) is 2.29. The first-order chi connectivity index (χ1) is 13.7. The maximum atomic E-state index is 12.4. The van der Waals surface area contributed by atoms with Crippen molar-refractivity contribution in [2.45, 2.75) is 6.10 Å². The first kappa shape index (κ1) is 22.3. The van der Waals surface area contributed by atoms with E-state index in [0.29, 0.717) is 11.1 Å². The Morgan fingerprint density at radius 2 is 1.52 bits per heavy atom. The molecule has 0 spiro atoms. The van der Waals surface area contributed by atoms with E-state index < -0.39 is 34.5 Å². The first-order valence-corrected chi connectivity index (χ1v) is 10.4. The van der Waals surface area contributed by atoms with E-state index in [1.54, 1.807) is 68.7 Å². The zero-order valence-electron chi connectivity index (χ0n) is 16.6. The van der Waals surface area contributed by atoms with E-state index in [1.165, 1.54) is 18.0 Å². The third-order valence-corrected chi connectivity index (χ3v) is 5.51. The van der Waals surface area contributed by atoms with Crippen LogP contribution >= 0.6 is 0 Å². The summed E-state index contributed by atoms with van der Waals surface area (Å²) in [5.41, 5.74) is 1.22. The fraction of sp³-hybridized carbons (Fsp3) is 0.238. The molecule has 2 rings (SSSR count). The average Bonchev–Trinajstić information content (AvgIpc) is 2.71. The van der Waals surface area contributed by atoms with Crippen LogP contribution in [0.1, 0.15) is 17.2 Å². The minimum atomic E-state index is -3.83. The third-order valence-electron chi connectivity index (χ3n) is 4.03. The van der Waals surface area contributed by atoms with Crippen LogP contribution in [0.3, 0.4) is 0 Å². The lowest BCUT2D eigenvalue weighted by Gasteiger charge is -2.22. The summed E-state index contributed by atoms with van der Waals surface area (Å²) in [6.45, 7) is -0.522. The number of ether oxygens (including phenoxy) is 1. The molecule has 2 aromatic carbocycles. The number of amides is 1. The van der Waals surface area contributed by atoms with Gasteiger partial charge in [-0.2, -0.15) is 4.31 Å². The molecule has 7 nitrogen and oxygen atoms in total. The van der Waals surface area contributed by atoms with Gasteiger partial charge in [-0.25, -0.2) is 8.42 Å². The van der Waals surface area contributed by atoms with E-state index in [1.807, 2.05) is 6.07 Å². The number of sulfonamides is 1. The fourth-order valence-electron chi connectivity index (χ4n) is 2.40. The molecule has 0 aromatic heterocycles. The van der Waals surface area contributed by atoms with Gasteiger partial charge in [-0.15, -0.1) is 0 Å². The number of likely N-dealkylation sites (N-methyl/N-ethyl adjacent to an activating group) is 2. The summed E-state index contributed by atoms with van der Waals surface area (Å²) >= 11 is 0. The second-order valence-corrected chi connectivity index (χ2v) is 8.45. The van der Waals surface area contributed by atoms with Crippen molar-refractivity contribution < 1.29 is 22.7 Å². The van der Waals surface area contributed by atoms with Crippen molar-refractivity contribution in [2.24, 2.45) is 0 Å².